The van der Waals surface area contributed by atoms with Crippen LogP contribution in [0.3, 0.4) is 0 Å². The molecule has 89 heavy (non-hydrogen) atoms. The number of rotatable bonds is 63. The largest absolute Gasteiger partial charge is 0.343 e. The Morgan fingerprint density at radius 3 is 1.04 bits per heavy atom. The summed E-state index contributed by atoms with van der Waals surface area (Å²) < 4.78 is 13.9. The average Bonchev–Trinajstić information content (AvgIpc) is 1.73. The maximum absolute atomic E-state index is 12.3. The molecule has 0 aromatic carbocycles. The molecule has 3 rings (SSSR count). The van der Waals surface area contributed by atoms with E-state index in [4.69, 9.17) is 9.47 Å². The van der Waals surface area contributed by atoms with Gasteiger partial charge >= 0.3 is 0 Å². The molecule has 0 N–H and O–H groups in total. The minimum atomic E-state index is -0.377. The molecule has 2 saturated heterocycles. The van der Waals surface area contributed by atoms with Crippen LogP contribution in [0.5, 0.6) is 0 Å². The van der Waals surface area contributed by atoms with Crippen LogP contribution in [0.15, 0.2) is 122 Å². The normalized spacial score (nSPS) is 18.2. The van der Waals surface area contributed by atoms with Crippen LogP contribution in [0, 0.1) is 11.8 Å². The molecule has 2 aliphatic rings. The number of pyridine rings is 1. The summed E-state index contributed by atoms with van der Waals surface area (Å²) >= 11 is 0. The predicted octanol–water partition coefficient (Wildman–Crippen LogP) is 26.2. The van der Waals surface area contributed by atoms with Crippen molar-refractivity contribution in [2.45, 2.75) is 373 Å². The van der Waals surface area contributed by atoms with Gasteiger partial charge in [0.05, 0.1) is 0 Å². The van der Waals surface area contributed by atoms with Crippen LogP contribution in [0.4, 0.5) is 0 Å². The highest BCUT2D eigenvalue weighted by Gasteiger charge is 2.50. The quantitative estimate of drug-likeness (QED) is 0.0481. The fraction of sp³-hybridized carbons (Fsp3) is 0.738. The van der Waals surface area contributed by atoms with E-state index < -0.39 is 0 Å². The molecule has 0 aliphatic carbocycles. The van der Waals surface area contributed by atoms with Crippen LogP contribution < -0.4 is 0 Å². The molecule has 4 unspecified atom stereocenters. The number of likely N-dealkylation sites (tertiary alicyclic amines) is 1. The minimum Gasteiger partial charge on any atom is -0.343 e. The van der Waals surface area contributed by atoms with Crippen molar-refractivity contribution in [3.63, 3.8) is 0 Å². The SMILES string of the molecule is CCCCCC=CCC=CCCCCCCCCC(=O)CCCCCCCCC=CCC=CCCCC(C)C(C)CCCC=CCC=CCCCCCCCCC1(CCCCCCCCC=CCC=CCCCCC)OC2CN(Cc3ccncc3)CC2O1. The minimum absolute atomic E-state index is 0.196. The summed E-state index contributed by atoms with van der Waals surface area (Å²) in [6, 6.07) is 4.26. The lowest BCUT2D eigenvalue weighted by Gasteiger charge is -2.31. The van der Waals surface area contributed by atoms with Crippen molar-refractivity contribution < 1.29 is 14.3 Å². The molecule has 4 atom stereocenters. The van der Waals surface area contributed by atoms with Crippen LogP contribution in [0.2, 0.25) is 0 Å². The lowest BCUT2D eigenvalue weighted by molar-refractivity contribution is -0.194. The van der Waals surface area contributed by atoms with Crippen molar-refractivity contribution >= 4 is 5.78 Å². The number of unbranched alkanes of at least 4 members (excludes halogenated alkanes) is 32. The van der Waals surface area contributed by atoms with E-state index in [2.05, 4.69) is 147 Å². The summed E-state index contributed by atoms with van der Waals surface area (Å²) in [7, 11) is 0. The molecule has 0 bridgehead atoms. The first kappa shape index (κ1) is 79.9. The molecule has 0 saturated carbocycles. The van der Waals surface area contributed by atoms with Gasteiger partial charge in [0.25, 0.3) is 0 Å². The topological polar surface area (TPSA) is 51.7 Å². The van der Waals surface area contributed by atoms with Gasteiger partial charge in [0.1, 0.15) is 18.0 Å². The Balaban J connectivity index is 1.08. The number of allylic oxidation sites excluding steroid dienone is 16. The van der Waals surface area contributed by atoms with Gasteiger partial charge in [0.15, 0.2) is 5.79 Å². The Bertz CT molecular complexity index is 1960. The number of carbonyl (C=O) groups is 1. The summed E-state index contributed by atoms with van der Waals surface area (Å²) in [4.78, 5) is 19.1. The van der Waals surface area contributed by atoms with Gasteiger partial charge in [-0.25, -0.2) is 0 Å². The fourth-order valence-electron chi connectivity index (χ4n) is 13.0. The third kappa shape index (κ3) is 47.2. The van der Waals surface area contributed by atoms with E-state index in [9.17, 15) is 4.79 Å². The van der Waals surface area contributed by atoms with Crippen molar-refractivity contribution in [3.8, 4) is 0 Å². The lowest BCUT2D eigenvalue weighted by atomic mass is 9.87. The number of ketones is 1. The second-order valence-corrected chi connectivity index (χ2v) is 27.5. The van der Waals surface area contributed by atoms with E-state index in [1.807, 2.05) is 12.4 Å². The number of aromatic nitrogens is 1. The van der Waals surface area contributed by atoms with Crippen LogP contribution in [0.25, 0.3) is 0 Å². The van der Waals surface area contributed by atoms with E-state index in [-0.39, 0.29) is 18.0 Å². The molecule has 0 amide bonds. The van der Waals surface area contributed by atoms with Gasteiger partial charge in [-0.2, -0.15) is 0 Å². The van der Waals surface area contributed by atoms with Crippen molar-refractivity contribution in [3.05, 3.63) is 127 Å². The molecule has 5 heteroatoms. The summed E-state index contributed by atoms with van der Waals surface area (Å²) in [5, 5.41) is 0. The van der Waals surface area contributed by atoms with Gasteiger partial charge < -0.3 is 9.47 Å². The van der Waals surface area contributed by atoms with Crippen molar-refractivity contribution in [1.82, 2.24) is 9.88 Å². The summed E-state index contributed by atoms with van der Waals surface area (Å²) in [6.45, 7) is 12.4. The molecule has 5 nitrogen and oxygen atoms in total. The molecule has 2 aliphatic heterocycles. The predicted molar refractivity (Wildman–Crippen MR) is 391 cm³/mol. The average molecular weight is 1230 g/mol. The lowest BCUT2D eigenvalue weighted by Crippen LogP contribution is -2.35. The van der Waals surface area contributed by atoms with E-state index in [1.165, 1.54) is 262 Å². The maximum Gasteiger partial charge on any atom is 0.169 e. The number of Topliss-reactive ketones (excluding diaryl/α,β-unsaturated/α-hetero) is 1. The highest BCUT2D eigenvalue weighted by atomic mass is 16.8. The number of hydrogen-bond donors (Lipinski definition) is 0. The standard InChI is InChI=1S/C84H142N2O3/c1-5-7-9-11-13-15-17-19-21-23-31-37-43-49-55-61-67-81(87)68-62-56-50-44-38-32-25-24-29-35-41-47-53-59-65-78(3)79(4)66-60-54-48-42-36-30-26-28-34-40-46-52-58-64-72-84(88-82-76-86(77-83(82)89-84)75-80-69-73-85-74-70-80)71-63-57-51-45-39-33-27-22-20-18-16-14-12-10-8-6-2/h13-16,19-22,24,26,29-30,41-42,47-48,69-70,73-74,78-79,82-83H,5-12,17-18,23,25,27-28,31-40,43-46,49-68,71-72,75-77H2,1-4H3. The fourth-order valence-corrected chi connectivity index (χ4v) is 13.0. The zero-order valence-electron chi connectivity index (χ0n) is 59.0. The zero-order chi connectivity index (χ0) is 63.3. The summed E-state index contributed by atoms with van der Waals surface area (Å²) in [6.07, 6.45) is 104. The first-order valence-electron chi connectivity index (χ1n) is 38.6. The second-order valence-electron chi connectivity index (χ2n) is 27.5. The molecule has 0 radical (unpaired) electrons. The first-order valence-corrected chi connectivity index (χ1v) is 38.6. The van der Waals surface area contributed by atoms with Crippen LogP contribution in [-0.2, 0) is 20.8 Å². The van der Waals surface area contributed by atoms with E-state index in [0.29, 0.717) is 5.78 Å². The van der Waals surface area contributed by atoms with Gasteiger partial charge in [0.2, 0.25) is 0 Å². The molecule has 1 aromatic heterocycles. The number of fused-ring (bicyclic) bond motifs is 1. The highest BCUT2D eigenvalue weighted by molar-refractivity contribution is 5.78. The Hall–Kier alpha value is -3.38. The van der Waals surface area contributed by atoms with Gasteiger partial charge in [-0.1, -0.05) is 266 Å². The van der Waals surface area contributed by atoms with Crippen LogP contribution in [-0.4, -0.2) is 46.8 Å². The van der Waals surface area contributed by atoms with Gasteiger partial charge in [0, 0.05) is 57.7 Å². The van der Waals surface area contributed by atoms with Crippen molar-refractivity contribution in [2.24, 2.45) is 11.8 Å². The number of ether oxygens (including phenoxy) is 2. The molecule has 1 aromatic rings. The maximum atomic E-state index is 12.3. The van der Waals surface area contributed by atoms with E-state index in [1.54, 1.807) is 0 Å². The number of nitrogens with zero attached hydrogens (tertiary/aromatic N) is 2. The smallest absolute Gasteiger partial charge is 0.169 e. The summed E-state index contributed by atoms with van der Waals surface area (Å²) in [5.41, 5.74) is 1.32. The molecule has 0 spiro atoms. The third-order valence-corrected chi connectivity index (χ3v) is 19.1. The molecule has 506 valence electrons. The van der Waals surface area contributed by atoms with E-state index >= 15 is 0 Å². The second kappa shape index (κ2) is 59.6. The van der Waals surface area contributed by atoms with Crippen LogP contribution >= 0.6 is 0 Å². The van der Waals surface area contributed by atoms with Crippen LogP contribution in [0.1, 0.15) is 354 Å². The molecular weight excluding hydrogens is 1080 g/mol. The first-order chi connectivity index (χ1) is 43.9. The number of hydrogen-bond acceptors (Lipinski definition) is 5. The zero-order valence-corrected chi connectivity index (χ0v) is 59.0. The Kier molecular flexibility index (Phi) is 53.5. The van der Waals surface area contributed by atoms with Crippen molar-refractivity contribution in [2.75, 3.05) is 13.1 Å². The number of carbonyl (C=O) groups excluding carboxylic acids is 1. The van der Waals surface area contributed by atoms with Gasteiger partial charge in [-0.15, -0.1) is 0 Å². The molecular formula is C84H142N2O3. The Labute approximate surface area is 552 Å². The Morgan fingerprint density at radius 2 is 0.708 bits per heavy atom. The molecule has 3 heterocycles. The van der Waals surface area contributed by atoms with Gasteiger partial charge in [-0.3, -0.25) is 14.7 Å². The van der Waals surface area contributed by atoms with Gasteiger partial charge in [-0.05, 0) is 184 Å². The Morgan fingerprint density at radius 1 is 0.416 bits per heavy atom. The monoisotopic (exact) mass is 1230 g/mol. The highest BCUT2D eigenvalue weighted by Crippen LogP contribution is 2.41. The van der Waals surface area contributed by atoms with E-state index in [0.717, 1.165) is 95.7 Å². The summed E-state index contributed by atoms with van der Waals surface area (Å²) in [5.74, 6) is 1.73. The van der Waals surface area contributed by atoms with Crippen molar-refractivity contribution in [1.29, 1.82) is 0 Å². The third-order valence-electron chi connectivity index (χ3n) is 19.1. The molecule has 2 fully saturated rings.